The molecule has 0 aliphatic carbocycles. The van der Waals surface area contributed by atoms with Crippen LogP contribution in [0, 0.1) is 0 Å². The molecule has 1 unspecified atom stereocenters. The van der Waals surface area contributed by atoms with E-state index in [-0.39, 0.29) is 6.61 Å². The Morgan fingerprint density at radius 2 is 1.66 bits per heavy atom. The third kappa shape index (κ3) is 9.03. The van der Waals surface area contributed by atoms with Crippen LogP contribution in [0.15, 0.2) is 65.8 Å². The predicted molar refractivity (Wildman–Crippen MR) is 111 cm³/mol. The van der Waals surface area contributed by atoms with Crippen molar-refractivity contribution >= 4 is 18.2 Å². The molecule has 0 aliphatic rings. The SMILES string of the molecule is CC(C)(C)OC(=O)NC(COCc1ccccc1)C(=O)NN=Cc1ccccc1. The number of carbonyl (C=O) groups excluding carboxylic acids is 2. The number of hydrogen-bond acceptors (Lipinski definition) is 5. The summed E-state index contributed by atoms with van der Waals surface area (Å²) in [4.78, 5) is 24.6. The summed E-state index contributed by atoms with van der Waals surface area (Å²) in [5, 5.41) is 6.47. The Hall–Kier alpha value is -3.19. The maximum Gasteiger partial charge on any atom is 0.408 e. The molecule has 0 radical (unpaired) electrons. The normalized spacial score (nSPS) is 12.4. The smallest absolute Gasteiger partial charge is 0.408 e. The lowest BCUT2D eigenvalue weighted by Crippen LogP contribution is -2.49. The van der Waals surface area contributed by atoms with Crippen molar-refractivity contribution in [2.24, 2.45) is 5.10 Å². The van der Waals surface area contributed by atoms with Gasteiger partial charge in [0.1, 0.15) is 11.6 Å². The molecule has 2 rings (SSSR count). The highest BCUT2D eigenvalue weighted by Gasteiger charge is 2.24. The average Bonchev–Trinajstić information content (AvgIpc) is 2.67. The number of hydrazone groups is 1. The Labute approximate surface area is 171 Å². The van der Waals surface area contributed by atoms with Gasteiger partial charge in [-0.2, -0.15) is 5.10 Å². The Bertz CT molecular complexity index is 802. The van der Waals surface area contributed by atoms with Gasteiger partial charge < -0.3 is 14.8 Å². The number of hydrogen-bond donors (Lipinski definition) is 2. The number of nitrogens with one attached hydrogen (secondary N) is 2. The van der Waals surface area contributed by atoms with Crippen LogP contribution in [0.1, 0.15) is 31.9 Å². The molecule has 0 fully saturated rings. The quantitative estimate of drug-likeness (QED) is 0.529. The van der Waals surface area contributed by atoms with E-state index in [4.69, 9.17) is 9.47 Å². The highest BCUT2D eigenvalue weighted by atomic mass is 16.6. The molecule has 0 aromatic heterocycles. The molecule has 0 bridgehead atoms. The van der Waals surface area contributed by atoms with Crippen molar-refractivity contribution in [3.63, 3.8) is 0 Å². The molecule has 2 aromatic rings. The number of rotatable bonds is 8. The van der Waals surface area contributed by atoms with Crippen molar-refractivity contribution in [2.45, 2.75) is 39.0 Å². The van der Waals surface area contributed by atoms with Gasteiger partial charge in [0.2, 0.25) is 0 Å². The molecular weight excluding hydrogens is 370 g/mol. The van der Waals surface area contributed by atoms with Crippen molar-refractivity contribution in [2.75, 3.05) is 6.61 Å². The molecule has 2 aromatic carbocycles. The van der Waals surface area contributed by atoms with Crippen LogP contribution in [0.2, 0.25) is 0 Å². The fraction of sp³-hybridized carbons (Fsp3) is 0.318. The minimum absolute atomic E-state index is 0.0270. The van der Waals surface area contributed by atoms with Crippen LogP contribution >= 0.6 is 0 Å². The highest BCUT2D eigenvalue weighted by Crippen LogP contribution is 2.07. The van der Waals surface area contributed by atoms with Crippen LogP contribution in [-0.4, -0.2) is 36.5 Å². The van der Waals surface area contributed by atoms with Gasteiger partial charge >= 0.3 is 6.09 Å². The first-order chi connectivity index (χ1) is 13.8. The number of ether oxygens (including phenoxy) is 2. The lowest BCUT2D eigenvalue weighted by Gasteiger charge is -2.22. The largest absolute Gasteiger partial charge is 0.444 e. The molecule has 0 saturated carbocycles. The molecule has 154 valence electrons. The van der Waals surface area contributed by atoms with Crippen molar-refractivity contribution in [1.82, 2.24) is 10.7 Å². The summed E-state index contributed by atoms with van der Waals surface area (Å²) >= 11 is 0. The van der Waals surface area contributed by atoms with Crippen molar-refractivity contribution in [3.8, 4) is 0 Å². The van der Waals surface area contributed by atoms with Crippen LogP contribution in [0.5, 0.6) is 0 Å². The van der Waals surface area contributed by atoms with E-state index >= 15 is 0 Å². The number of alkyl carbamates (subject to hydrolysis) is 1. The first-order valence-electron chi connectivity index (χ1n) is 9.32. The van der Waals surface area contributed by atoms with Crippen LogP contribution < -0.4 is 10.7 Å². The summed E-state index contributed by atoms with van der Waals surface area (Å²) in [7, 11) is 0. The summed E-state index contributed by atoms with van der Waals surface area (Å²) < 4.78 is 10.8. The van der Waals surface area contributed by atoms with E-state index in [1.807, 2.05) is 60.7 Å². The zero-order valence-electron chi connectivity index (χ0n) is 16.9. The monoisotopic (exact) mass is 397 g/mol. The molecule has 0 heterocycles. The topological polar surface area (TPSA) is 89.0 Å². The standard InChI is InChI=1S/C22H27N3O4/c1-22(2,3)29-21(27)24-19(16-28-15-18-12-8-5-9-13-18)20(26)25-23-14-17-10-6-4-7-11-17/h4-14,19H,15-16H2,1-3H3,(H,24,27)(H,25,26). The maximum atomic E-state index is 12.5. The summed E-state index contributed by atoms with van der Waals surface area (Å²) in [5.41, 5.74) is 3.55. The van der Waals surface area contributed by atoms with Crippen LogP contribution in [-0.2, 0) is 20.9 Å². The number of amides is 2. The predicted octanol–water partition coefficient (Wildman–Crippen LogP) is 3.25. The number of benzene rings is 2. The molecular formula is C22H27N3O4. The zero-order valence-corrected chi connectivity index (χ0v) is 16.9. The third-order valence-electron chi connectivity index (χ3n) is 3.59. The Balaban J connectivity index is 1.95. The molecule has 1 atom stereocenters. The Morgan fingerprint density at radius 3 is 2.28 bits per heavy atom. The van der Waals surface area contributed by atoms with Gasteiger partial charge in [0.05, 0.1) is 19.4 Å². The van der Waals surface area contributed by atoms with Crippen molar-refractivity contribution in [1.29, 1.82) is 0 Å². The molecule has 7 heteroatoms. The van der Waals surface area contributed by atoms with E-state index in [1.165, 1.54) is 6.21 Å². The second-order valence-corrected chi connectivity index (χ2v) is 7.34. The first-order valence-corrected chi connectivity index (χ1v) is 9.32. The fourth-order valence-electron chi connectivity index (χ4n) is 2.29. The summed E-state index contributed by atoms with van der Waals surface area (Å²) in [5.74, 6) is -0.504. The van der Waals surface area contributed by atoms with Gasteiger partial charge in [-0.05, 0) is 31.9 Å². The highest BCUT2D eigenvalue weighted by molar-refractivity contribution is 5.87. The maximum absolute atomic E-state index is 12.5. The minimum Gasteiger partial charge on any atom is -0.444 e. The number of carbonyl (C=O) groups is 2. The van der Waals surface area contributed by atoms with E-state index in [0.717, 1.165) is 11.1 Å². The zero-order chi connectivity index (χ0) is 21.1. The molecule has 2 amide bonds. The van der Waals surface area contributed by atoms with Crippen LogP contribution in [0.3, 0.4) is 0 Å². The number of nitrogens with zero attached hydrogens (tertiary/aromatic N) is 1. The van der Waals surface area contributed by atoms with Gasteiger partial charge in [0.15, 0.2) is 0 Å². The average molecular weight is 397 g/mol. The van der Waals surface area contributed by atoms with Crippen molar-refractivity contribution in [3.05, 3.63) is 71.8 Å². The summed E-state index contributed by atoms with van der Waals surface area (Å²) in [6, 6.07) is 17.9. The van der Waals surface area contributed by atoms with Gasteiger partial charge in [0.25, 0.3) is 5.91 Å². The van der Waals surface area contributed by atoms with Crippen molar-refractivity contribution < 1.29 is 19.1 Å². The Kier molecular flexibility index (Phi) is 8.36. The minimum atomic E-state index is -0.957. The van der Waals surface area contributed by atoms with E-state index in [9.17, 15) is 9.59 Å². The third-order valence-corrected chi connectivity index (χ3v) is 3.59. The molecule has 0 saturated heterocycles. The van der Waals surface area contributed by atoms with E-state index in [2.05, 4.69) is 15.8 Å². The molecule has 29 heavy (non-hydrogen) atoms. The fourth-order valence-corrected chi connectivity index (χ4v) is 2.29. The Morgan fingerprint density at radius 1 is 1.03 bits per heavy atom. The molecule has 0 spiro atoms. The van der Waals surface area contributed by atoms with Gasteiger partial charge in [-0.15, -0.1) is 0 Å². The van der Waals surface area contributed by atoms with Gasteiger partial charge in [-0.3, -0.25) is 4.79 Å². The van der Waals surface area contributed by atoms with E-state index < -0.39 is 23.6 Å². The van der Waals surface area contributed by atoms with Crippen LogP contribution in [0.4, 0.5) is 4.79 Å². The second-order valence-electron chi connectivity index (χ2n) is 7.34. The van der Waals surface area contributed by atoms with E-state index in [1.54, 1.807) is 20.8 Å². The van der Waals surface area contributed by atoms with Gasteiger partial charge in [-0.1, -0.05) is 60.7 Å². The van der Waals surface area contributed by atoms with Gasteiger partial charge in [0, 0.05) is 0 Å². The van der Waals surface area contributed by atoms with Gasteiger partial charge in [-0.25, -0.2) is 10.2 Å². The molecule has 0 aliphatic heterocycles. The van der Waals surface area contributed by atoms with Crippen LogP contribution in [0.25, 0.3) is 0 Å². The lowest BCUT2D eigenvalue weighted by molar-refractivity contribution is -0.124. The lowest BCUT2D eigenvalue weighted by atomic mass is 10.2. The van der Waals surface area contributed by atoms with E-state index in [0.29, 0.717) is 6.61 Å². The molecule has 7 nitrogen and oxygen atoms in total. The summed E-state index contributed by atoms with van der Waals surface area (Å²) in [6.07, 6.45) is 0.820. The summed E-state index contributed by atoms with van der Waals surface area (Å²) in [6.45, 7) is 5.53. The second kappa shape index (κ2) is 11.0. The molecule has 2 N–H and O–H groups in total. The first kappa shape index (κ1) is 22.1.